The molecule has 0 aliphatic rings. The zero-order valence-electron chi connectivity index (χ0n) is 9.82. The maximum Gasteiger partial charge on any atom is 0.227 e. The van der Waals surface area contributed by atoms with E-state index < -0.39 is 11.0 Å². The molecule has 0 aliphatic heterocycles. The molecule has 2 amide bonds. The highest BCUT2D eigenvalue weighted by molar-refractivity contribution is 5.84. The van der Waals surface area contributed by atoms with Gasteiger partial charge in [0.15, 0.2) is 0 Å². The number of hydrogen-bond acceptors (Lipinski definition) is 2. The zero-order valence-corrected chi connectivity index (χ0v) is 9.82. The van der Waals surface area contributed by atoms with Crippen LogP contribution in [0.2, 0.25) is 0 Å². The van der Waals surface area contributed by atoms with Gasteiger partial charge < -0.3 is 10.6 Å². The van der Waals surface area contributed by atoms with E-state index >= 15 is 0 Å². The molecule has 0 aliphatic carbocycles. The second kappa shape index (κ2) is 3.98. The third kappa shape index (κ3) is 2.47. The molecule has 0 spiro atoms. The Morgan fingerprint density at radius 1 is 1.07 bits per heavy atom. The van der Waals surface area contributed by atoms with Crippen LogP contribution in [-0.2, 0) is 9.59 Å². The lowest BCUT2D eigenvalue weighted by molar-refractivity contribution is -0.134. The molecule has 0 rings (SSSR count). The molecule has 4 nitrogen and oxygen atoms in total. The summed E-state index contributed by atoms with van der Waals surface area (Å²) in [6.45, 7) is 8.73. The molecule has 0 bridgehead atoms. The van der Waals surface area contributed by atoms with E-state index in [1.165, 1.54) is 6.92 Å². The summed E-state index contributed by atoms with van der Waals surface area (Å²) in [7, 11) is 1.59. The second-order valence-electron chi connectivity index (χ2n) is 4.51. The minimum Gasteiger partial charge on any atom is -0.359 e. The molecule has 0 atom stereocenters. The van der Waals surface area contributed by atoms with Crippen molar-refractivity contribution in [2.45, 2.75) is 40.2 Å². The summed E-state index contributed by atoms with van der Waals surface area (Å²) in [6.07, 6.45) is 0. The van der Waals surface area contributed by atoms with Crippen molar-refractivity contribution in [3.63, 3.8) is 0 Å². The summed E-state index contributed by atoms with van der Waals surface area (Å²) in [5.74, 6) is -0.219. The van der Waals surface area contributed by atoms with Crippen molar-refractivity contribution in [3.8, 4) is 0 Å². The molecule has 0 radical (unpaired) electrons. The molecular weight excluding hydrogens is 180 g/mol. The van der Waals surface area contributed by atoms with Gasteiger partial charge in [0.05, 0.1) is 5.41 Å². The normalized spacial score (nSPS) is 12.1. The molecule has 0 aromatic rings. The van der Waals surface area contributed by atoms with Crippen molar-refractivity contribution in [1.82, 2.24) is 10.6 Å². The minimum atomic E-state index is -0.645. The molecule has 82 valence electrons. The lowest BCUT2D eigenvalue weighted by Gasteiger charge is -2.40. The van der Waals surface area contributed by atoms with E-state index in [1.54, 1.807) is 7.05 Å². The monoisotopic (exact) mass is 200 g/mol. The molecular formula is C10H20N2O2. The highest BCUT2D eigenvalue weighted by atomic mass is 16.2. The number of carbonyl (C=O) groups excluding carboxylic acids is 2. The van der Waals surface area contributed by atoms with Gasteiger partial charge in [0, 0.05) is 19.5 Å². The van der Waals surface area contributed by atoms with Crippen LogP contribution in [0, 0.1) is 5.41 Å². The summed E-state index contributed by atoms with van der Waals surface area (Å²) in [4.78, 5) is 22.6. The third-order valence-electron chi connectivity index (χ3n) is 2.85. The number of hydrogen-bond donors (Lipinski definition) is 2. The summed E-state index contributed by atoms with van der Waals surface area (Å²) in [5, 5.41) is 5.37. The van der Waals surface area contributed by atoms with Gasteiger partial charge in [0.25, 0.3) is 0 Å². The first-order valence-electron chi connectivity index (χ1n) is 4.66. The molecule has 0 unspecified atom stereocenters. The summed E-state index contributed by atoms with van der Waals surface area (Å²) >= 11 is 0. The highest BCUT2D eigenvalue weighted by Gasteiger charge is 2.43. The van der Waals surface area contributed by atoms with Gasteiger partial charge in [0.1, 0.15) is 0 Å². The van der Waals surface area contributed by atoms with Crippen molar-refractivity contribution in [2.75, 3.05) is 7.05 Å². The molecule has 0 saturated carbocycles. The molecule has 0 aromatic carbocycles. The lowest BCUT2D eigenvalue weighted by atomic mass is 9.73. The van der Waals surface area contributed by atoms with Gasteiger partial charge in [-0.3, -0.25) is 9.59 Å². The smallest absolute Gasteiger partial charge is 0.227 e. The van der Waals surface area contributed by atoms with Gasteiger partial charge >= 0.3 is 0 Å². The van der Waals surface area contributed by atoms with Crippen LogP contribution >= 0.6 is 0 Å². The molecule has 0 saturated heterocycles. The van der Waals surface area contributed by atoms with Crippen LogP contribution in [0.25, 0.3) is 0 Å². The van der Waals surface area contributed by atoms with Gasteiger partial charge in [-0.25, -0.2) is 0 Å². The summed E-state index contributed by atoms with van der Waals surface area (Å²) in [5.41, 5.74) is -1.22. The summed E-state index contributed by atoms with van der Waals surface area (Å²) in [6, 6.07) is 0. The Morgan fingerprint density at radius 3 is 1.79 bits per heavy atom. The van der Waals surface area contributed by atoms with E-state index in [1.807, 2.05) is 27.7 Å². The quantitative estimate of drug-likeness (QED) is 0.703. The molecule has 0 aromatic heterocycles. The van der Waals surface area contributed by atoms with Crippen LogP contribution in [0.1, 0.15) is 34.6 Å². The SMILES string of the molecule is CNC(=O)C(C)(C)C(C)(C)NC(C)=O. The van der Waals surface area contributed by atoms with Crippen LogP contribution < -0.4 is 10.6 Å². The lowest BCUT2D eigenvalue weighted by Crippen LogP contribution is -2.58. The number of amides is 2. The van der Waals surface area contributed by atoms with E-state index in [2.05, 4.69) is 10.6 Å². The van der Waals surface area contributed by atoms with Crippen LogP contribution in [0.15, 0.2) is 0 Å². The number of carbonyl (C=O) groups is 2. The average Bonchev–Trinajstić information content (AvgIpc) is 2.00. The Bertz CT molecular complexity index is 245. The summed E-state index contributed by atoms with van der Waals surface area (Å²) < 4.78 is 0. The molecule has 0 fully saturated rings. The van der Waals surface area contributed by atoms with Crippen molar-refractivity contribution in [3.05, 3.63) is 0 Å². The maximum absolute atomic E-state index is 11.6. The predicted molar refractivity (Wildman–Crippen MR) is 55.7 cm³/mol. The fourth-order valence-corrected chi connectivity index (χ4v) is 1.19. The van der Waals surface area contributed by atoms with E-state index in [9.17, 15) is 9.59 Å². The molecule has 2 N–H and O–H groups in total. The molecule has 14 heavy (non-hydrogen) atoms. The van der Waals surface area contributed by atoms with Crippen molar-refractivity contribution in [2.24, 2.45) is 5.41 Å². The number of rotatable bonds is 3. The Hall–Kier alpha value is -1.06. The van der Waals surface area contributed by atoms with E-state index in [-0.39, 0.29) is 11.8 Å². The Labute approximate surface area is 85.4 Å². The van der Waals surface area contributed by atoms with Crippen LogP contribution in [-0.4, -0.2) is 24.4 Å². The Kier molecular flexibility index (Phi) is 3.68. The fourth-order valence-electron chi connectivity index (χ4n) is 1.19. The van der Waals surface area contributed by atoms with E-state index in [4.69, 9.17) is 0 Å². The molecule has 0 heterocycles. The van der Waals surface area contributed by atoms with Gasteiger partial charge in [-0.1, -0.05) is 0 Å². The van der Waals surface area contributed by atoms with E-state index in [0.29, 0.717) is 0 Å². The largest absolute Gasteiger partial charge is 0.359 e. The topological polar surface area (TPSA) is 58.2 Å². The predicted octanol–water partition coefficient (Wildman–Crippen LogP) is 0.673. The second-order valence-corrected chi connectivity index (χ2v) is 4.51. The Balaban J connectivity index is 4.86. The first-order valence-corrected chi connectivity index (χ1v) is 4.66. The highest BCUT2D eigenvalue weighted by Crippen LogP contribution is 2.30. The maximum atomic E-state index is 11.6. The molecule has 4 heteroatoms. The van der Waals surface area contributed by atoms with Crippen molar-refractivity contribution in [1.29, 1.82) is 0 Å². The van der Waals surface area contributed by atoms with Crippen LogP contribution in [0.5, 0.6) is 0 Å². The van der Waals surface area contributed by atoms with Gasteiger partial charge in [0.2, 0.25) is 11.8 Å². The zero-order chi connectivity index (χ0) is 11.6. The van der Waals surface area contributed by atoms with Gasteiger partial charge in [-0.2, -0.15) is 0 Å². The van der Waals surface area contributed by atoms with Crippen LogP contribution in [0.4, 0.5) is 0 Å². The first-order chi connectivity index (χ1) is 6.15. The van der Waals surface area contributed by atoms with Crippen molar-refractivity contribution < 1.29 is 9.59 Å². The standard InChI is InChI=1S/C10H20N2O2/c1-7(13)12-10(4,5)9(2,3)8(14)11-6/h1-6H3,(H,11,14)(H,12,13). The Morgan fingerprint density at radius 2 is 1.50 bits per heavy atom. The number of nitrogens with one attached hydrogen (secondary N) is 2. The first kappa shape index (κ1) is 12.9. The van der Waals surface area contributed by atoms with Crippen LogP contribution in [0.3, 0.4) is 0 Å². The third-order valence-corrected chi connectivity index (χ3v) is 2.85. The minimum absolute atomic E-state index is 0.0868. The van der Waals surface area contributed by atoms with E-state index in [0.717, 1.165) is 0 Å². The van der Waals surface area contributed by atoms with Gasteiger partial charge in [-0.15, -0.1) is 0 Å². The average molecular weight is 200 g/mol. The fraction of sp³-hybridized carbons (Fsp3) is 0.800. The van der Waals surface area contributed by atoms with Crippen molar-refractivity contribution >= 4 is 11.8 Å². The van der Waals surface area contributed by atoms with Gasteiger partial charge in [-0.05, 0) is 27.7 Å².